The van der Waals surface area contributed by atoms with Gasteiger partial charge in [-0.05, 0) is 19.1 Å². The minimum absolute atomic E-state index is 0.0443. The summed E-state index contributed by atoms with van der Waals surface area (Å²) in [4.78, 5) is 39.0. The van der Waals surface area contributed by atoms with Crippen LogP contribution in [0, 0.1) is 0 Å². The predicted octanol–water partition coefficient (Wildman–Crippen LogP) is 1.38. The zero-order valence-corrected chi connectivity index (χ0v) is 14.1. The predicted molar refractivity (Wildman–Crippen MR) is 86.8 cm³/mol. The lowest BCUT2D eigenvalue weighted by Crippen LogP contribution is -2.21. The number of anilines is 1. The Bertz CT molecular complexity index is 737. The van der Waals surface area contributed by atoms with Gasteiger partial charge in [0.1, 0.15) is 5.69 Å². The molecule has 0 aromatic carbocycles. The van der Waals surface area contributed by atoms with E-state index in [-0.39, 0.29) is 12.4 Å². The molecule has 2 aromatic heterocycles. The van der Waals surface area contributed by atoms with E-state index >= 15 is 0 Å². The number of amides is 1. The minimum atomic E-state index is -0.584. The Morgan fingerprint density at radius 2 is 2.12 bits per heavy atom. The molecule has 1 N–H and O–H groups in total. The van der Waals surface area contributed by atoms with Crippen molar-refractivity contribution in [3.8, 4) is 0 Å². The smallest absolute Gasteiger partial charge is 0.355 e. The highest BCUT2D eigenvalue weighted by Crippen LogP contribution is 2.16. The van der Waals surface area contributed by atoms with Crippen LogP contribution in [-0.2, 0) is 32.5 Å². The van der Waals surface area contributed by atoms with Gasteiger partial charge in [0.05, 0.1) is 18.7 Å². The summed E-state index contributed by atoms with van der Waals surface area (Å²) in [7, 11) is 1.71. The SMILES string of the molecule is CCOC(=O)Cc1csc(NC(=O)COC(=O)c2cccn2C)n1. The first-order valence-electron chi connectivity index (χ1n) is 7.18. The Morgan fingerprint density at radius 3 is 2.79 bits per heavy atom. The molecule has 0 saturated heterocycles. The normalized spacial score (nSPS) is 10.2. The Kier molecular flexibility index (Phi) is 6.07. The van der Waals surface area contributed by atoms with Crippen LogP contribution in [0.25, 0.3) is 0 Å². The number of thiazole rings is 1. The van der Waals surface area contributed by atoms with Crippen molar-refractivity contribution in [2.75, 3.05) is 18.5 Å². The van der Waals surface area contributed by atoms with Crippen LogP contribution >= 0.6 is 11.3 Å². The summed E-state index contributed by atoms with van der Waals surface area (Å²) in [5.74, 6) is -1.47. The molecular formula is C15H17N3O5S. The molecule has 0 aliphatic heterocycles. The lowest BCUT2D eigenvalue weighted by molar-refractivity contribution is -0.142. The van der Waals surface area contributed by atoms with E-state index in [0.29, 0.717) is 23.1 Å². The largest absolute Gasteiger partial charge is 0.466 e. The number of hydrogen-bond acceptors (Lipinski definition) is 7. The van der Waals surface area contributed by atoms with Crippen LogP contribution in [-0.4, -0.2) is 40.6 Å². The van der Waals surface area contributed by atoms with Crippen molar-refractivity contribution in [2.45, 2.75) is 13.3 Å². The molecule has 0 atom stereocenters. The van der Waals surface area contributed by atoms with Crippen LogP contribution in [0.1, 0.15) is 23.1 Å². The number of hydrogen-bond donors (Lipinski definition) is 1. The van der Waals surface area contributed by atoms with Crippen LogP contribution in [0.4, 0.5) is 5.13 Å². The molecule has 0 unspecified atom stereocenters. The van der Waals surface area contributed by atoms with E-state index in [9.17, 15) is 14.4 Å². The summed E-state index contributed by atoms with van der Waals surface area (Å²) in [5.41, 5.74) is 0.864. The number of carbonyl (C=O) groups excluding carboxylic acids is 3. The Morgan fingerprint density at radius 1 is 1.33 bits per heavy atom. The number of aromatic nitrogens is 2. The van der Waals surface area contributed by atoms with E-state index in [1.54, 1.807) is 42.2 Å². The maximum atomic E-state index is 11.8. The summed E-state index contributed by atoms with van der Waals surface area (Å²) in [5, 5.41) is 4.50. The highest BCUT2D eigenvalue weighted by Gasteiger charge is 2.14. The molecule has 24 heavy (non-hydrogen) atoms. The van der Waals surface area contributed by atoms with E-state index in [2.05, 4.69) is 10.3 Å². The summed E-state index contributed by atoms with van der Waals surface area (Å²) < 4.78 is 11.4. The standard InChI is InChI=1S/C15H17N3O5S/c1-3-22-13(20)7-10-9-24-15(16-10)17-12(19)8-23-14(21)11-5-4-6-18(11)2/h4-6,9H,3,7-8H2,1-2H3,(H,16,17,19). The molecule has 128 valence electrons. The number of esters is 2. The highest BCUT2D eigenvalue weighted by atomic mass is 32.1. The van der Waals surface area contributed by atoms with Gasteiger partial charge in [-0.3, -0.25) is 14.9 Å². The maximum absolute atomic E-state index is 11.8. The molecule has 0 saturated carbocycles. The van der Waals surface area contributed by atoms with Crippen molar-refractivity contribution in [1.82, 2.24) is 9.55 Å². The van der Waals surface area contributed by atoms with E-state index in [0.717, 1.165) is 0 Å². The van der Waals surface area contributed by atoms with Gasteiger partial charge in [0, 0.05) is 18.6 Å². The molecule has 0 fully saturated rings. The summed E-state index contributed by atoms with van der Waals surface area (Å²) in [6, 6.07) is 3.31. The first-order valence-corrected chi connectivity index (χ1v) is 8.06. The average molecular weight is 351 g/mol. The molecule has 2 rings (SSSR count). The lowest BCUT2D eigenvalue weighted by Gasteiger charge is -2.05. The Hall–Kier alpha value is -2.68. The topological polar surface area (TPSA) is 99.5 Å². The number of rotatable bonds is 7. The molecule has 8 nitrogen and oxygen atoms in total. The van der Waals surface area contributed by atoms with Crippen LogP contribution in [0.15, 0.2) is 23.7 Å². The zero-order valence-electron chi connectivity index (χ0n) is 13.3. The second-order valence-corrected chi connectivity index (χ2v) is 5.61. The first kappa shape index (κ1) is 17.7. The highest BCUT2D eigenvalue weighted by molar-refractivity contribution is 7.13. The molecular weight excluding hydrogens is 334 g/mol. The molecule has 9 heteroatoms. The van der Waals surface area contributed by atoms with Crippen molar-refractivity contribution in [3.63, 3.8) is 0 Å². The summed E-state index contributed by atoms with van der Waals surface area (Å²) in [6.45, 7) is 1.61. The zero-order chi connectivity index (χ0) is 17.5. The van der Waals surface area contributed by atoms with Crippen molar-refractivity contribution in [3.05, 3.63) is 35.1 Å². The number of nitrogens with zero attached hydrogens (tertiary/aromatic N) is 2. The van der Waals surface area contributed by atoms with Gasteiger partial charge >= 0.3 is 11.9 Å². The van der Waals surface area contributed by atoms with E-state index in [1.165, 1.54) is 11.3 Å². The first-order chi connectivity index (χ1) is 11.5. The molecule has 1 amide bonds. The summed E-state index contributed by atoms with van der Waals surface area (Å²) in [6.07, 6.45) is 1.75. The van der Waals surface area contributed by atoms with Gasteiger partial charge in [-0.2, -0.15) is 0 Å². The number of carbonyl (C=O) groups is 3. The fraction of sp³-hybridized carbons (Fsp3) is 0.333. The fourth-order valence-electron chi connectivity index (χ4n) is 1.84. The van der Waals surface area contributed by atoms with E-state index in [4.69, 9.17) is 9.47 Å². The van der Waals surface area contributed by atoms with Gasteiger partial charge in [0.25, 0.3) is 5.91 Å². The van der Waals surface area contributed by atoms with Gasteiger partial charge in [0.2, 0.25) is 0 Å². The molecule has 0 aliphatic carbocycles. The van der Waals surface area contributed by atoms with E-state index in [1.807, 2.05) is 0 Å². The monoisotopic (exact) mass is 351 g/mol. The average Bonchev–Trinajstić information content (AvgIpc) is 3.14. The maximum Gasteiger partial charge on any atom is 0.355 e. The number of aryl methyl sites for hydroxylation is 1. The van der Waals surface area contributed by atoms with Crippen LogP contribution in [0.2, 0.25) is 0 Å². The second-order valence-electron chi connectivity index (χ2n) is 4.75. The molecule has 2 heterocycles. The molecule has 0 bridgehead atoms. The summed E-state index contributed by atoms with van der Waals surface area (Å²) >= 11 is 1.18. The van der Waals surface area contributed by atoms with Crippen molar-refractivity contribution in [2.24, 2.45) is 7.05 Å². The van der Waals surface area contributed by atoms with Gasteiger partial charge in [-0.1, -0.05) is 0 Å². The minimum Gasteiger partial charge on any atom is -0.466 e. The quantitative estimate of drug-likeness (QED) is 0.757. The van der Waals surface area contributed by atoms with Gasteiger partial charge in [-0.25, -0.2) is 9.78 Å². The molecule has 0 radical (unpaired) electrons. The van der Waals surface area contributed by atoms with E-state index < -0.39 is 18.5 Å². The lowest BCUT2D eigenvalue weighted by atomic mass is 10.3. The Labute approximate surface area is 142 Å². The van der Waals surface area contributed by atoms with Crippen molar-refractivity contribution in [1.29, 1.82) is 0 Å². The molecule has 2 aromatic rings. The number of nitrogens with one attached hydrogen (secondary N) is 1. The molecule has 0 spiro atoms. The van der Waals surface area contributed by atoms with Crippen LogP contribution in [0.5, 0.6) is 0 Å². The van der Waals surface area contributed by atoms with Crippen LogP contribution < -0.4 is 5.32 Å². The van der Waals surface area contributed by atoms with Crippen LogP contribution in [0.3, 0.4) is 0 Å². The third-order valence-corrected chi connectivity index (χ3v) is 3.72. The number of ether oxygens (including phenoxy) is 2. The Balaban J connectivity index is 1.80. The van der Waals surface area contributed by atoms with Gasteiger partial charge < -0.3 is 14.0 Å². The fourth-order valence-corrected chi connectivity index (χ4v) is 2.57. The second kappa shape index (κ2) is 8.25. The van der Waals surface area contributed by atoms with Crippen molar-refractivity contribution >= 4 is 34.3 Å². The van der Waals surface area contributed by atoms with Gasteiger partial charge in [-0.15, -0.1) is 11.3 Å². The third-order valence-electron chi connectivity index (χ3n) is 2.92. The molecule has 0 aliphatic rings. The van der Waals surface area contributed by atoms with Gasteiger partial charge in [0.15, 0.2) is 11.7 Å². The third kappa shape index (κ3) is 4.92. The van der Waals surface area contributed by atoms with Crippen molar-refractivity contribution < 1.29 is 23.9 Å².